The SMILES string of the molecule is O=S(=O)(NCCC1=CCNCC1)c1cc(Cl)sc1Cl. The number of halogens is 2. The summed E-state index contributed by atoms with van der Waals surface area (Å²) in [6.07, 6.45) is 3.79. The van der Waals surface area contributed by atoms with Crippen LogP contribution in [0.25, 0.3) is 0 Å². The van der Waals surface area contributed by atoms with Gasteiger partial charge in [-0.15, -0.1) is 11.3 Å². The smallest absolute Gasteiger partial charge is 0.242 e. The summed E-state index contributed by atoms with van der Waals surface area (Å²) in [6, 6.07) is 1.38. The Kier molecular flexibility index (Phi) is 5.28. The molecule has 0 aromatic carbocycles. The van der Waals surface area contributed by atoms with Crippen LogP contribution in [0.3, 0.4) is 0 Å². The van der Waals surface area contributed by atoms with Gasteiger partial charge in [0.1, 0.15) is 9.23 Å². The molecule has 1 aliphatic heterocycles. The normalized spacial score (nSPS) is 16.4. The van der Waals surface area contributed by atoms with E-state index < -0.39 is 10.0 Å². The first kappa shape index (κ1) is 15.3. The second-order valence-corrected chi connectivity index (χ2v) is 8.17. The van der Waals surface area contributed by atoms with E-state index in [9.17, 15) is 8.42 Å². The largest absolute Gasteiger partial charge is 0.313 e. The lowest BCUT2D eigenvalue weighted by molar-refractivity contribution is 0.580. The van der Waals surface area contributed by atoms with E-state index in [4.69, 9.17) is 23.2 Å². The molecule has 1 aromatic rings. The van der Waals surface area contributed by atoms with Crippen molar-refractivity contribution in [3.8, 4) is 0 Å². The van der Waals surface area contributed by atoms with Gasteiger partial charge in [-0.1, -0.05) is 34.9 Å². The molecule has 1 aromatic heterocycles. The molecule has 1 aliphatic rings. The second-order valence-electron chi connectivity index (χ2n) is 4.15. The average molecular weight is 341 g/mol. The third-order valence-electron chi connectivity index (χ3n) is 2.81. The Balaban J connectivity index is 1.94. The number of rotatable bonds is 5. The zero-order chi connectivity index (χ0) is 13.9. The maximum Gasteiger partial charge on any atom is 0.242 e. The van der Waals surface area contributed by atoms with Gasteiger partial charge in [0.25, 0.3) is 0 Å². The minimum Gasteiger partial charge on any atom is -0.313 e. The molecule has 0 bridgehead atoms. The van der Waals surface area contributed by atoms with Crippen LogP contribution in [0.15, 0.2) is 22.6 Å². The Morgan fingerprint density at radius 1 is 1.42 bits per heavy atom. The number of hydrogen-bond acceptors (Lipinski definition) is 4. The van der Waals surface area contributed by atoms with Crippen molar-refractivity contribution in [1.29, 1.82) is 0 Å². The van der Waals surface area contributed by atoms with Crippen LogP contribution in [0.1, 0.15) is 12.8 Å². The van der Waals surface area contributed by atoms with Gasteiger partial charge < -0.3 is 5.32 Å². The Morgan fingerprint density at radius 2 is 2.21 bits per heavy atom. The molecule has 19 heavy (non-hydrogen) atoms. The van der Waals surface area contributed by atoms with E-state index >= 15 is 0 Å². The van der Waals surface area contributed by atoms with Gasteiger partial charge in [0.2, 0.25) is 10.0 Å². The highest BCUT2D eigenvalue weighted by atomic mass is 35.5. The zero-order valence-electron chi connectivity index (χ0n) is 10.1. The van der Waals surface area contributed by atoms with E-state index in [1.165, 1.54) is 11.6 Å². The van der Waals surface area contributed by atoms with E-state index in [1.54, 1.807) is 0 Å². The Morgan fingerprint density at radius 3 is 2.79 bits per heavy atom. The number of nitrogens with one attached hydrogen (secondary N) is 2. The van der Waals surface area contributed by atoms with Crippen LogP contribution in [0, 0.1) is 0 Å². The highest BCUT2D eigenvalue weighted by Gasteiger charge is 2.20. The van der Waals surface area contributed by atoms with E-state index in [0.717, 1.165) is 37.3 Å². The van der Waals surface area contributed by atoms with Gasteiger partial charge in [0.15, 0.2) is 0 Å². The standard InChI is InChI=1S/C11H14Cl2N2O2S2/c12-10-7-9(11(13)18-10)19(16,17)15-6-3-8-1-4-14-5-2-8/h1,7,14-15H,2-6H2. The van der Waals surface area contributed by atoms with E-state index in [-0.39, 0.29) is 9.23 Å². The van der Waals surface area contributed by atoms with Crippen LogP contribution in [0.5, 0.6) is 0 Å². The maximum absolute atomic E-state index is 12.0. The quantitative estimate of drug-likeness (QED) is 0.810. The Hall–Kier alpha value is -0.110. The molecule has 2 N–H and O–H groups in total. The lowest BCUT2D eigenvalue weighted by atomic mass is 10.1. The summed E-state index contributed by atoms with van der Waals surface area (Å²) in [7, 11) is -3.57. The maximum atomic E-state index is 12.0. The summed E-state index contributed by atoms with van der Waals surface area (Å²) in [5, 5.41) is 3.21. The Bertz CT molecular complexity index is 582. The van der Waals surface area contributed by atoms with E-state index in [0.29, 0.717) is 10.9 Å². The lowest BCUT2D eigenvalue weighted by Gasteiger charge is -2.14. The third kappa shape index (κ3) is 4.18. The fraction of sp³-hybridized carbons (Fsp3) is 0.455. The summed E-state index contributed by atoms with van der Waals surface area (Å²) in [6.45, 7) is 2.18. The van der Waals surface area contributed by atoms with Gasteiger partial charge >= 0.3 is 0 Å². The molecule has 0 unspecified atom stereocenters. The van der Waals surface area contributed by atoms with Crippen LogP contribution in [-0.4, -0.2) is 28.1 Å². The molecule has 2 rings (SSSR count). The summed E-state index contributed by atoms with van der Waals surface area (Å²) in [5.41, 5.74) is 1.27. The molecule has 8 heteroatoms. The first-order valence-electron chi connectivity index (χ1n) is 5.82. The fourth-order valence-electron chi connectivity index (χ4n) is 1.83. The van der Waals surface area contributed by atoms with Gasteiger partial charge in [-0.25, -0.2) is 13.1 Å². The number of hydrogen-bond donors (Lipinski definition) is 2. The van der Waals surface area contributed by atoms with Gasteiger partial charge in [0, 0.05) is 13.1 Å². The van der Waals surface area contributed by atoms with Gasteiger partial charge in [-0.2, -0.15) is 0 Å². The Labute approximate surface area is 126 Å². The summed E-state index contributed by atoms with van der Waals surface area (Å²) in [4.78, 5) is 0.0588. The van der Waals surface area contributed by atoms with E-state index in [1.807, 2.05) is 0 Å². The molecule has 0 spiro atoms. The summed E-state index contributed by atoms with van der Waals surface area (Å²) in [5.74, 6) is 0. The van der Waals surface area contributed by atoms with Crippen LogP contribution in [-0.2, 0) is 10.0 Å². The zero-order valence-corrected chi connectivity index (χ0v) is 13.2. The van der Waals surface area contributed by atoms with Crippen molar-refractivity contribution in [3.63, 3.8) is 0 Å². The van der Waals surface area contributed by atoms with Crippen molar-refractivity contribution in [3.05, 3.63) is 26.4 Å². The molecule has 0 radical (unpaired) electrons. The molecule has 0 saturated carbocycles. The van der Waals surface area contributed by atoms with Crippen LogP contribution < -0.4 is 10.0 Å². The van der Waals surface area contributed by atoms with E-state index in [2.05, 4.69) is 16.1 Å². The summed E-state index contributed by atoms with van der Waals surface area (Å²) >= 11 is 12.7. The first-order chi connectivity index (χ1) is 8.99. The van der Waals surface area contributed by atoms with Gasteiger partial charge in [-0.3, -0.25) is 0 Å². The van der Waals surface area contributed by atoms with Gasteiger partial charge in [0.05, 0.1) is 4.34 Å². The minimum atomic E-state index is -3.57. The number of sulfonamides is 1. The highest BCUT2D eigenvalue weighted by Crippen LogP contribution is 2.34. The molecule has 2 heterocycles. The molecular formula is C11H14Cl2N2O2S2. The lowest BCUT2D eigenvalue weighted by Crippen LogP contribution is -2.26. The van der Waals surface area contributed by atoms with Crippen LogP contribution in [0.4, 0.5) is 0 Å². The predicted molar refractivity (Wildman–Crippen MR) is 79.7 cm³/mol. The third-order valence-corrected chi connectivity index (χ3v) is 6.03. The average Bonchev–Trinajstić information content (AvgIpc) is 2.70. The van der Waals surface area contributed by atoms with Crippen LogP contribution >= 0.6 is 34.5 Å². The molecule has 0 fully saturated rings. The number of thiophene rings is 1. The van der Waals surface area contributed by atoms with Crippen molar-refractivity contribution < 1.29 is 8.42 Å². The monoisotopic (exact) mass is 340 g/mol. The fourth-order valence-corrected chi connectivity index (χ4v) is 5.01. The molecule has 0 saturated heterocycles. The minimum absolute atomic E-state index is 0.0588. The van der Waals surface area contributed by atoms with Gasteiger partial charge in [-0.05, 0) is 25.5 Å². The van der Waals surface area contributed by atoms with Crippen molar-refractivity contribution >= 4 is 44.6 Å². The van der Waals surface area contributed by atoms with Crippen molar-refractivity contribution in [2.75, 3.05) is 19.6 Å². The molecule has 0 atom stereocenters. The van der Waals surface area contributed by atoms with Crippen molar-refractivity contribution in [2.45, 2.75) is 17.7 Å². The molecule has 106 valence electrons. The molecule has 0 amide bonds. The molecular weight excluding hydrogens is 327 g/mol. The topological polar surface area (TPSA) is 58.2 Å². The highest BCUT2D eigenvalue weighted by molar-refractivity contribution is 7.89. The van der Waals surface area contributed by atoms with Crippen LogP contribution in [0.2, 0.25) is 8.67 Å². The van der Waals surface area contributed by atoms with Crippen molar-refractivity contribution in [2.24, 2.45) is 0 Å². The molecule has 0 aliphatic carbocycles. The second kappa shape index (κ2) is 6.56. The molecule has 4 nitrogen and oxygen atoms in total. The van der Waals surface area contributed by atoms with Crippen molar-refractivity contribution in [1.82, 2.24) is 10.0 Å². The predicted octanol–water partition coefficient (Wildman–Crippen LogP) is 2.64. The first-order valence-corrected chi connectivity index (χ1v) is 8.88. The summed E-state index contributed by atoms with van der Waals surface area (Å²) < 4.78 is 27.2.